The maximum atomic E-state index is 13.5. The van der Waals surface area contributed by atoms with Gasteiger partial charge in [0.1, 0.15) is 26.4 Å². The van der Waals surface area contributed by atoms with Gasteiger partial charge in [-0.1, -0.05) is 73.0 Å². The van der Waals surface area contributed by atoms with Crippen LogP contribution in [0.2, 0.25) is 0 Å². The Morgan fingerprint density at radius 3 is 1.09 bits per heavy atom. The van der Waals surface area contributed by atoms with Crippen LogP contribution in [0.15, 0.2) is 177 Å². The van der Waals surface area contributed by atoms with Crippen molar-refractivity contribution in [1.29, 1.82) is 0 Å². The zero-order chi connectivity index (χ0) is 73.3. The van der Waals surface area contributed by atoms with E-state index in [9.17, 15) is 59.6 Å². The minimum Gasteiger partial charge on any atom is -0.660 e. The first-order chi connectivity index (χ1) is 47.3. The minimum absolute atomic E-state index is 0. The van der Waals surface area contributed by atoms with Crippen LogP contribution >= 0.6 is 0 Å². The first-order valence-corrected chi connectivity index (χ1v) is 31.3. The molecule has 0 aliphatic carbocycles. The summed E-state index contributed by atoms with van der Waals surface area (Å²) in [6.45, 7) is 29.2. The molecule has 0 saturated carbocycles. The molecule has 1 radical (unpaired) electrons. The molecule has 0 bridgehead atoms. The summed E-state index contributed by atoms with van der Waals surface area (Å²) in [4.78, 5) is 115. The Hall–Kier alpha value is -11.8. The van der Waals surface area contributed by atoms with Gasteiger partial charge in [0.05, 0.1) is 53.7 Å². The number of benzene rings is 5. The summed E-state index contributed by atoms with van der Waals surface area (Å²) in [5.41, 5.74) is 18.3. The molecule has 2 aromatic heterocycles. The molecule has 0 atom stereocenters. The van der Waals surface area contributed by atoms with E-state index in [-0.39, 0.29) is 71.4 Å². The zero-order valence-electron chi connectivity index (χ0n) is 58.0. The Kier molecular flexibility index (Phi) is 24.8. The van der Waals surface area contributed by atoms with E-state index >= 15 is 0 Å². The van der Waals surface area contributed by atoms with Crippen LogP contribution in [0, 0.1) is 110 Å². The number of hydrogen-bond acceptors (Lipinski definition) is 18. The topological polar surface area (TPSA) is 331 Å². The number of nitro benzene ring substituents is 3. The van der Waals surface area contributed by atoms with Gasteiger partial charge >= 0.3 is 40.7 Å². The van der Waals surface area contributed by atoms with E-state index in [1.54, 1.807) is 55.4 Å². The quantitative estimate of drug-likeness (QED) is 0.0200. The number of non-ortho nitro benzene ring substituents is 3. The molecule has 5 aromatic carbocycles. The van der Waals surface area contributed by atoms with E-state index in [2.05, 4.69) is 18.7 Å². The van der Waals surface area contributed by atoms with Gasteiger partial charge in [0.15, 0.2) is 0 Å². The second kappa shape index (κ2) is 32.7. The fraction of sp³-hybridized carbons (Fsp3) is 0.237. The average molecular weight is 1410 g/mol. The Bertz CT molecular complexity index is 4800. The maximum Gasteiger partial charge on any atom is 2.00 e. The Balaban J connectivity index is 0.000000281. The van der Waals surface area contributed by atoms with Crippen molar-refractivity contribution in [3.63, 3.8) is 0 Å². The number of ether oxygens (including phenoxy) is 4. The molecule has 0 unspecified atom stereocenters. The van der Waals surface area contributed by atoms with Crippen molar-refractivity contribution in [3.05, 3.63) is 314 Å². The molecule has 0 N–H and O–H groups in total. The summed E-state index contributed by atoms with van der Waals surface area (Å²) < 4.78 is 22.5. The number of aryl methyl sites for hydroxylation is 8. The number of allylic oxidation sites excluding steroid dienone is 4. The molecular formula is C76H72CoN8O16. The fourth-order valence-electron chi connectivity index (χ4n) is 12.3. The van der Waals surface area contributed by atoms with Gasteiger partial charge in [-0.15, -0.1) is 22.8 Å². The van der Waals surface area contributed by atoms with Crippen molar-refractivity contribution >= 4 is 63.5 Å². The van der Waals surface area contributed by atoms with Gasteiger partial charge in [-0.05, 0) is 203 Å². The van der Waals surface area contributed by atoms with E-state index in [0.717, 1.165) is 50.7 Å². The van der Waals surface area contributed by atoms with Crippen LogP contribution in [-0.2, 0) is 65.1 Å². The average Bonchev–Trinajstić information content (AvgIpc) is 1.63. The van der Waals surface area contributed by atoms with Crippen LogP contribution in [0.3, 0.4) is 0 Å². The second-order valence-corrected chi connectivity index (χ2v) is 24.1. The number of rotatable bonds is 22. The van der Waals surface area contributed by atoms with E-state index < -0.39 is 43.6 Å². The molecule has 4 heterocycles. The Labute approximate surface area is 592 Å². The molecule has 0 fully saturated rings. The number of hydrogen-bond donors (Lipinski definition) is 0. The largest absolute Gasteiger partial charge is 2.00 e. The minimum atomic E-state index is -0.625. The third-order valence-corrected chi connectivity index (χ3v) is 16.8. The predicted octanol–water partition coefficient (Wildman–Crippen LogP) is 15.1. The summed E-state index contributed by atoms with van der Waals surface area (Å²) >= 11 is 0. The third-order valence-electron chi connectivity index (χ3n) is 16.8. The van der Waals surface area contributed by atoms with E-state index in [0.29, 0.717) is 112 Å². The molecule has 9 rings (SSSR count). The number of nitro groups is 4. The Morgan fingerprint density at radius 2 is 0.782 bits per heavy atom. The molecule has 0 spiro atoms. The predicted molar refractivity (Wildman–Crippen MR) is 376 cm³/mol. The normalized spacial score (nSPS) is 13.7. The number of nitrogens with zero attached hydrogens (tertiary/aromatic N) is 8. The van der Waals surface area contributed by atoms with Crippen molar-refractivity contribution in [3.8, 4) is 0 Å². The van der Waals surface area contributed by atoms with Crippen LogP contribution in [0.5, 0.6) is 0 Å². The van der Waals surface area contributed by atoms with Gasteiger partial charge in [0.2, 0.25) is 6.20 Å². The molecule has 0 amide bonds. The van der Waals surface area contributed by atoms with Gasteiger partial charge in [0.25, 0.3) is 17.1 Å². The summed E-state index contributed by atoms with van der Waals surface area (Å²) in [7, 11) is 0. The van der Waals surface area contributed by atoms with Gasteiger partial charge in [0, 0.05) is 53.6 Å². The van der Waals surface area contributed by atoms with E-state index in [1.807, 2.05) is 53.7 Å². The standard InChI is InChI=1S/C38H36N4O8.C38H38N4O8.Co/c1-20-16-21(2)31(22(3)17-20)34(35-23(4)32(25(6)39-35)37(43)49-18-27-8-12-29(13-9-27)41(45)46)36-24(5)33(26(7)40-36)38(44)50-19-28-10-14-30(15-11-28)42(47)48;1-9-28(11-10-16-41(45)46)19-49-37(43)32-24(5)35(39-26(32)7)34(31-22(3)17-21(2)18-23(31)4)36-25(6)33(27(8)40-36)38(44)50-20-29-12-14-30(15-13-29)42(47)48;/h8-17H,18-19H2,1-7H3,(H,39,40,43,44);9-18H,1,19-20H2,2-8H3,(H,39,40,43,44);/q;;+2/p-2/b;16-10+,28-11+;. The smallest absolute Gasteiger partial charge is 0.660 e. The summed E-state index contributed by atoms with van der Waals surface area (Å²) in [6, 6.07) is 25.5. The fourth-order valence-corrected chi connectivity index (χ4v) is 12.3. The molecule has 2 aliphatic rings. The third kappa shape index (κ3) is 17.4. The first kappa shape index (κ1) is 76.5. The number of esters is 4. The van der Waals surface area contributed by atoms with E-state index in [1.165, 1.54) is 91.0 Å². The second-order valence-electron chi connectivity index (χ2n) is 24.1. The van der Waals surface area contributed by atoms with Crippen molar-refractivity contribution in [1.82, 2.24) is 9.97 Å². The number of aliphatic imine (C=N–C) groups is 2. The number of aromatic nitrogens is 2. The molecule has 24 nitrogen and oxygen atoms in total. The number of carbonyl (C=O) groups is 4. The van der Waals surface area contributed by atoms with Crippen LogP contribution in [0.4, 0.5) is 17.1 Å². The molecule has 0 saturated heterocycles. The van der Waals surface area contributed by atoms with Crippen molar-refractivity contribution in [2.75, 3.05) is 6.61 Å². The first-order valence-electron chi connectivity index (χ1n) is 31.3. The molecule has 7 aromatic rings. The summed E-state index contributed by atoms with van der Waals surface area (Å²) in [5, 5.41) is 43.7. The monoisotopic (exact) mass is 1410 g/mol. The number of carbonyl (C=O) groups excluding carboxylic acids is 4. The maximum absolute atomic E-state index is 13.5. The molecule has 25 heteroatoms. The molecule has 101 heavy (non-hydrogen) atoms. The van der Waals surface area contributed by atoms with Crippen LogP contribution in [0.25, 0.3) is 11.1 Å². The van der Waals surface area contributed by atoms with E-state index in [4.69, 9.17) is 38.9 Å². The van der Waals surface area contributed by atoms with Crippen molar-refractivity contribution in [2.45, 2.75) is 117 Å². The molecule has 521 valence electrons. The van der Waals surface area contributed by atoms with Crippen LogP contribution in [-0.4, -0.2) is 61.6 Å². The van der Waals surface area contributed by atoms with Crippen LogP contribution < -0.4 is 9.97 Å². The Morgan fingerprint density at radius 1 is 0.465 bits per heavy atom. The van der Waals surface area contributed by atoms with Crippen molar-refractivity contribution in [2.24, 2.45) is 9.98 Å². The van der Waals surface area contributed by atoms with Gasteiger partial charge < -0.3 is 28.9 Å². The van der Waals surface area contributed by atoms with Gasteiger partial charge in [-0.2, -0.15) is 0 Å². The molecular weight excluding hydrogens is 1340 g/mol. The van der Waals surface area contributed by atoms with Gasteiger partial charge in [-0.3, -0.25) is 50.4 Å². The molecule has 2 aliphatic heterocycles. The summed E-state index contributed by atoms with van der Waals surface area (Å²) in [5.74, 6) is -2.40. The van der Waals surface area contributed by atoms with Gasteiger partial charge in [-0.25, -0.2) is 19.2 Å². The summed E-state index contributed by atoms with van der Waals surface area (Å²) in [6.07, 6.45) is 4.88. The zero-order valence-corrected chi connectivity index (χ0v) is 59.1. The van der Waals surface area contributed by atoms with Crippen molar-refractivity contribution < 1.29 is 74.6 Å². The van der Waals surface area contributed by atoms with Crippen LogP contribution in [0.1, 0.15) is 144 Å². The SMILES string of the molecule is C=C/C(=C\C=C\[N+](=O)[O-])COC(=O)c1c(C)[n-]c(/C(=C2\N=C(C)C(C(=O)OCc3ccc([N+](=O)[O-])cc3)=C2C)c2c(C)cc(C)cc2C)c1C.CC1=N/C(=C(\c2[n-]c(C)c(C(=O)OCc3ccc([N+](=O)[O-])cc3)c2C)c2c(C)cc(C)cc2C)C(C)=C1C(=O)OCc1ccc([N+](=O)[O-])cc1.[Co+2].